The summed E-state index contributed by atoms with van der Waals surface area (Å²) in [6.07, 6.45) is 1.84. The number of hydrogen-bond donors (Lipinski definition) is 1. The molecular formula is C14H23NO3S. The fraction of sp³-hybridized carbons (Fsp3) is 0.571. The molecule has 0 saturated carbocycles. The molecule has 1 unspecified atom stereocenters. The lowest BCUT2D eigenvalue weighted by atomic mass is 10.0. The first-order valence-corrected chi connectivity index (χ1v) is 8.49. The lowest BCUT2D eigenvalue weighted by Crippen LogP contribution is -2.23. The highest BCUT2D eigenvalue weighted by molar-refractivity contribution is 7.90. The third kappa shape index (κ3) is 5.20. The SMILES string of the molecule is CCNC(CCS(C)(=O)=O)c1ccc(C)c(OC)c1. The van der Waals surface area contributed by atoms with Crippen molar-refractivity contribution in [3.05, 3.63) is 29.3 Å². The van der Waals surface area contributed by atoms with Crippen LogP contribution in [0.1, 0.15) is 30.5 Å². The van der Waals surface area contributed by atoms with Crippen LogP contribution in [0.15, 0.2) is 18.2 Å². The smallest absolute Gasteiger partial charge is 0.147 e. The fourth-order valence-electron chi connectivity index (χ4n) is 2.02. The van der Waals surface area contributed by atoms with Crippen LogP contribution in [0.3, 0.4) is 0 Å². The molecule has 0 heterocycles. The van der Waals surface area contributed by atoms with Gasteiger partial charge in [-0.15, -0.1) is 0 Å². The van der Waals surface area contributed by atoms with Crippen molar-refractivity contribution in [2.75, 3.05) is 25.7 Å². The Morgan fingerprint density at radius 2 is 2.05 bits per heavy atom. The Labute approximate surface area is 116 Å². The molecule has 0 fully saturated rings. The van der Waals surface area contributed by atoms with E-state index < -0.39 is 9.84 Å². The largest absolute Gasteiger partial charge is 0.496 e. The van der Waals surface area contributed by atoms with Crippen molar-refractivity contribution in [2.24, 2.45) is 0 Å². The minimum Gasteiger partial charge on any atom is -0.496 e. The van der Waals surface area contributed by atoms with Crippen molar-refractivity contribution in [1.82, 2.24) is 5.32 Å². The molecule has 0 aromatic heterocycles. The molecule has 1 atom stereocenters. The third-order valence-electron chi connectivity index (χ3n) is 3.06. The average Bonchev–Trinajstić information content (AvgIpc) is 2.34. The minimum absolute atomic E-state index is 0.0363. The molecule has 0 spiro atoms. The Hall–Kier alpha value is -1.07. The molecule has 1 N–H and O–H groups in total. The second kappa shape index (κ2) is 6.91. The summed E-state index contributed by atoms with van der Waals surface area (Å²) < 4.78 is 27.9. The molecule has 0 saturated heterocycles. The highest BCUT2D eigenvalue weighted by Gasteiger charge is 2.14. The van der Waals surface area contributed by atoms with Crippen molar-refractivity contribution in [3.63, 3.8) is 0 Å². The molecule has 1 aromatic carbocycles. The first kappa shape index (κ1) is 16.0. The molecule has 5 heteroatoms. The number of hydrogen-bond acceptors (Lipinski definition) is 4. The standard InChI is InChI=1S/C14H23NO3S/c1-5-15-13(8-9-19(4,16)17)12-7-6-11(2)14(10-12)18-3/h6-7,10,13,15H,5,8-9H2,1-4H3. The van der Waals surface area contributed by atoms with E-state index in [1.54, 1.807) is 7.11 Å². The van der Waals surface area contributed by atoms with Gasteiger partial charge in [-0.05, 0) is 37.1 Å². The molecule has 108 valence electrons. The summed E-state index contributed by atoms with van der Waals surface area (Å²) in [6, 6.07) is 6.03. The molecule has 0 aliphatic carbocycles. The van der Waals surface area contributed by atoms with Gasteiger partial charge in [-0.2, -0.15) is 0 Å². The Morgan fingerprint density at radius 1 is 1.37 bits per heavy atom. The lowest BCUT2D eigenvalue weighted by Gasteiger charge is -2.19. The molecule has 0 amide bonds. The van der Waals surface area contributed by atoms with Gasteiger partial charge in [0.05, 0.1) is 12.9 Å². The van der Waals surface area contributed by atoms with E-state index in [1.165, 1.54) is 6.26 Å². The van der Waals surface area contributed by atoms with Crippen molar-refractivity contribution < 1.29 is 13.2 Å². The zero-order valence-electron chi connectivity index (χ0n) is 12.1. The first-order valence-electron chi connectivity index (χ1n) is 6.43. The lowest BCUT2D eigenvalue weighted by molar-refractivity contribution is 0.409. The summed E-state index contributed by atoms with van der Waals surface area (Å²) in [7, 11) is -1.30. The predicted octanol–water partition coefficient (Wildman–Crippen LogP) is 2.09. The van der Waals surface area contributed by atoms with Gasteiger partial charge in [-0.25, -0.2) is 8.42 Å². The predicted molar refractivity (Wildman–Crippen MR) is 78.5 cm³/mol. The molecule has 19 heavy (non-hydrogen) atoms. The molecule has 0 aliphatic heterocycles. The van der Waals surface area contributed by atoms with Crippen molar-refractivity contribution in [2.45, 2.75) is 26.3 Å². The van der Waals surface area contributed by atoms with Gasteiger partial charge in [0.2, 0.25) is 0 Å². The summed E-state index contributed by atoms with van der Waals surface area (Å²) in [6.45, 7) is 4.80. The zero-order valence-corrected chi connectivity index (χ0v) is 12.9. The third-order valence-corrected chi connectivity index (χ3v) is 4.04. The van der Waals surface area contributed by atoms with E-state index in [2.05, 4.69) is 5.32 Å². The van der Waals surface area contributed by atoms with E-state index in [0.29, 0.717) is 6.42 Å². The number of methoxy groups -OCH3 is 1. The van der Waals surface area contributed by atoms with Crippen LogP contribution in [0.25, 0.3) is 0 Å². The van der Waals surface area contributed by atoms with Crippen LogP contribution in [0.4, 0.5) is 0 Å². The number of benzene rings is 1. The van der Waals surface area contributed by atoms with Gasteiger partial charge in [0.15, 0.2) is 0 Å². The highest BCUT2D eigenvalue weighted by Crippen LogP contribution is 2.25. The maximum absolute atomic E-state index is 11.3. The fourth-order valence-corrected chi connectivity index (χ4v) is 2.68. The van der Waals surface area contributed by atoms with Crippen LogP contribution in [0.2, 0.25) is 0 Å². The molecule has 0 aliphatic rings. The number of sulfone groups is 1. The van der Waals surface area contributed by atoms with Gasteiger partial charge >= 0.3 is 0 Å². The molecule has 0 radical (unpaired) electrons. The molecule has 1 rings (SSSR count). The van der Waals surface area contributed by atoms with E-state index in [9.17, 15) is 8.42 Å². The summed E-state index contributed by atoms with van der Waals surface area (Å²) in [5, 5.41) is 3.32. The Balaban J connectivity index is 2.92. The van der Waals surface area contributed by atoms with Crippen molar-refractivity contribution in [1.29, 1.82) is 0 Å². The van der Waals surface area contributed by atoms with Gasteiger partial charge in [0.25, 0.3) is 0 Å². The van der Waals surface area contributed by atoms with E-state index in [4.69, 9.17) is 4.74 Å². The Morgan fingerprint density at radius 3 is 2.58 bits per heavy atom. The molecule has 1 aromatic rings. The van der Waals surface area contributed by atoms with E-state index in [1.807, 2.05) is 32.0 Å². The number of aryl methyl sites for hydroxylation is 1. The van der Waals surface area contributed by atoms with Gasteiger partial charge in [0, 0.05) is 12.3 Å². The normalized spacial score (nSPS) is 13.3. The quantitative estimate of drug-likeness (QED) is 0.833. The van der Waals surface area contributed by atoms with Crippen LogP contribution in [0.5, 0.6) is 5.75 Å². The maximum Gasteiger partial charge on any atom is 0.147 e. The van der Waals surface area contributed by atoms with Crippen LogP contribution in [-0.2, 0) is 9.84 Å². The van der Waals surface area contributed by atoms with E-state index in [0.717, 1.165) is 23.4 Å². The number of ether oxygens (including phenoxy) is 1. The summed E-state index contributed by atoms with van der Waals surface area (Å²) in [4.78, 5) is 0. The molecule has 4 nitrogen and oxygen atoms in total. The Bertz CT molecular complexity index is 511. The van der Waals surface area contributed by atoms with Crippen molar-refractivity contribution >= 4 is 9.84 Å². The maximum atomic E-state index is 11.3. The van der Waals surface area contributed by atoms with Crippen LogP contribution >= 0.6 is 0 Å². The summed E-state index contributed by atoms with van der Waals surface area (Å²) in [5.74, 6) is 1.01. The van der Waals surface area contributed by atoms with E-state index >= 15 is 0 Å². The van der Waals surface area contributed by atoms with Crippen LogP contribution in [-0.4, -0.2) is 34.1 Å². The Kier molecular flexibility index (Phi) is 5.82. The van der Waals surface area contributed by atoms with E-state index in [-0.39, 0.29) is 11.8 Å². The van der Waals surface area contributed by atoms with Gasteiger partial charge in [0.1, 0.15) is 15.6 Å². The highest BCUT2D eigenvalue weighted by atomic mass is 32.2. The van der Waals surface area contributed by atoms with Crippen LogP contribution in [0, 0.1) is 6.92 Å². The van der Waals surface area contributed by atoms with Gasteiger partial charge in [-0.1, -0.05) is 19.1 Å². The monoisotopic (exact) mass is 285 g/mol. The van der Waals surface area contributed by atoms with Crippen molar-refractivity contribution in [3.8, 4) is 5.75 Å². The second-order valence-corrected chi connectivity index (χ2v) is 7.02. The van der Waals surface area contributed by atoms with Crippen LogP contribution < -0.4 is 10.1 Å². The van der Waals surface area contributed by atoms with Gasteiger partial charge in [-0.3, -0.25) is 0 Å². The zero-order chi connectivity index (χ0) is 14.5. The first-order chi connectivity index (χ1) is 8.87. The number of rotatable bonds is 7. The topological polar surface area (TPSA) is 55.4 Å². The van der Waals surface area contributed by atoms with Gasteiger partial charge < -0.3 is 10.1 Å². The summed E-state index contributed by atoms with van der Waals surface area (Å²) >= 11 is 0. The summed E-state index contributed by atoms with van der Waals surface area (Å²) in [5.41, 5.74) is 2.14. The second-order valence-electron chi connectivity index (χ2n) is 4.76. The molecule has 0 bridgehead atoms. The minimum atomic E-state index is -2.94. The average molecular weight is 285 g/mol. The molecular weight excluding hydrogens is 262 g/mol. The number of nitrogens with one attached hydrogen (secondary N) is 1.